The minimum absolute atomic E-state index is 0.0193. The highest BCUT2D eigenvalue weighted by atomic mass is 16.5. The molecule has 3 heteroatoms. The van der Waals surface area contributed by atoms with Crippen LogP contribution in [0.25, 0.3) is 0 Å². The minimum Gasteiger partial charge on any atom is -0.374 e. The molecule has 0 spiro atoms. The Labute approximate surface area is 121 Å². The first kappa shape index (κ1) is 14.1. The summed E-state index contributed by atoms with van der Waals surface area (Å²) in [6.45, 7) is 4.65. The Morgan fingerprint density at radius 1 is 1.25 bits per heavy atom. The molecule has 0 aromatic heterocycles. The zero-order valence-electron chi connectivity index (χ0n) is 12.5. The smallest absolute Gasteiger partial charge is 0.0779 e. The van der Waals surface area contributed by atoms with Crippen molar-refractivity contribution >= 4 is 0 Å². The van der Waals surface area contributed by atoms with Crippen molar-refractivity contribution in [2.45, 2.75) is 50.2 Å². The lowest BCUT2D eigenvalue weighted by atomic mass is 9.76. The molecule has 1 fully saturated rings. The highest BCUT2D eigenvalue weighted by Gasteiger charge is 2.38. The lowest BCUT2D eigenvalue weighted by Gasteiger charge is -2.41. The molecule has 3 rings (SSSR count). The molecule has 1 aliphatic carbocycles. The van der Waals surface area contributed by atoms with Crippen LogP contribution in [0.15, 0.2) is 24.3 Å². The number of hydrogen-bond acceptors (Lipinski definition) is 3. The summed E-state index contributed by atoms with van der Waals surface area (Å²) in [5.74, 6) is 0. The molecule has 1 aliphatic heterocycles. The molecule has 0 saturated carbocycles. The molecule has 0 radical (unpaired) electrons. The average Bonchev–Trinajstić information content (AvgIpc) is 2.92. The van der Waals surface area contributed by atoms with Crippen LogP contribution in [0.2, 0.25) is 0 Å². The first-order valence-electron chi connectivity index (χ1n) is 7.85. The van der Waals surface area contributed by atoms with E-state index in [0.717, 1.165) is 26.0 Å². The maximum Gasteiger partial charge on any atom is 0.0779 e. The normalized spacial score (nSPS) is 33.1. The van der Waals surface area contributed by atoms with Crippen molar-refractivity contribution in [3.8, 4) is 0 Å². The van der Waals surface area contributed by atoms with Crippen molar-refractivity contribution in [3.63, 3.8) is 0 Å². The van der Waals surface area contributed by atoms with Gasteiger partial charge >= 0.3 is 0 Å². The molecule has 0 bridgehead atoms. The van der Waals surface area contributed by atoms with Gasteiger partial charge in [-0.25, -0.2) is 0 Å². The number of benzene rings is 1. The van der Waals surface area contributed by atoms with Gasteiger partial charge in [-0.3, -0.25) is 0 Å². The van der Waals surface area contributed by atoms with Crippen LogP contribution >= 0.6 is 0 Å². The van der Waals surface area contributed by atoms with Gasteiger partial charge in [0.2, 0.25) is 0 Å². The van der Waals surface area contributed by atoms with E-state index in [1.165, 1.54) is 30.4 Å². The van der Waals surface area contributed by atoms with Gasteiger partial charge in [-0.2, -0.15) is 0 Å². The van der Waals surface area contributed by atoms with Crippen molar-refractivity contribution in [2.24, 2.45) is 5.73 Å². The molecule has 1 heterocycles. The van der Waals surface area contributed by atoms with Crippen molar-refractivity contribution in [1.29, 1.82) is 0 Å². The molecule has 2 unspecified atom stereocenters. The Hall–Kier alpha value is -0.900. The van der Waals surface area contributed by atoms with Gasteiger partial charge in [0.05, 0.1) is 11.1 Å². The second-order valence-electron chi connectivity index (χ2n) is 6.55. The SMILES string of the molecule is CC1(CNC2(CN)CCCc3ccccc32)CCCO1. The fourth-order valence-electron chi connectivity index (χ4n) is 3.72. The number of nitrogens with one attached hydrogen (secondary N) is 1. The molecular formula is C17H26N2O. The van der Waals surface area contributed by atoms with Crippen molar-refractivity contribution in [3.05, 3.63) is 35.4 Å². The predicted octanol–water partition coefficient (Wildman–Crippen LogP) is 2.34. The van der Waals surface area contributed by atoms with Crippen molar-refractivity contribution < 1.29 is 4.74 Å². The van der Waals surface area contributed by atoms with Crippen LogP contribution in [0, 0.1) is 0 Å². The van der Waals surface area contributed by atoms with Gasteiger partial charge in [0.1, 0.15) is 0 Å². The molecule has 1 aromatic rings. The van der Waals surface area contributed by atoms with E-state index in [4.69, 9.17) is 10.5 Å². The van der Waals surface area contributed by atoms with Crippen LogP contribution in [-0.4, -0.2) is 25.3 Å². The van der Waals surface area contributed by atoms with E-state index in [1.807, 2.05) is 0 Å². The summed E-state index contributed by atoms with van der Waals surface area (Å²) in [6.07, 6.45) is 5.81. The predicted molar refractivity (Wildman–Crippen MR) is 81.7 cm³/mol. The zero-order chi connectivity index (χ0) is 14.1. The van der Waals surface area contributed by atoms with Gasteiger partial charge in [-0.15, -0.1) is 0 Å². The third-order valence-electron chi connectivity index (χ3n) is 5.03. The fraction of sp³-hybridized carbons (Fsp3) is 0.647. The van der Waals surface area contributed by atoms with Gasteiger partial charge in [0.25, 0.3) is 0 Å². The van der Waals surface area contributed by atoms with Crippen molar-refractivity contribution in [1.82, 2.24) is 5.32 Å². The third-order valence-corrected chi connectivity index (χ3v) is 5.03. The molecule has 3 N–H and O–H groups in total. The summed E-state index contributed by atoms with van der Waals surface area (Å²) in [5.41, 5.74) is 8.94. The quantitative estimate of drug-likeness (QED) is 0.886. The summed E-state index contributed by atoms with van der Waals surface area (Å²) >= 11 is 0. The summed E-state index contributed by atoms with van der Waals surface area (Å²) < 4.78 is 5.91. The maximum atomic E-state index is 6.18. The summed E-state index contributed by atoms with van der Waals surface area (Å²) in [5, 5.41) is 3.77. The average molecular weight is 274 g/mol. The van der Waals surface area contributed by atoms with Gasteiger partial charge in [-0.05, 0) is 50.2 Å². The van der Waals surface area contributed by atoms with E-state index < -0.39 is 0 Å². The van der Waals surface area contributed by atoms with Gasteiger partial charge < -0.3 is 15.8 Å². The lowest BCUT2D eigenvalue weighted by Crippen LogP contribution is -2.54. The number of nitrogens with two attached hydrogens (primary N) is 1. The summed E-state index contributed by atoms with van der Waals surface area (Å²) in [6, 6.07) is 8.75. The Balaban J connectivity index is 1.81. The van der Waals surface area contributed by atoms with Crippen LogP contribution in [0.3, 0.4) is 0 Å². The van der Waals surface area contributed by atoms with Crippen LogP contribution in [0.1, 0.15) is 43.7 Å². The van der Waals surface area contributed by atoms with E-state index in [1.54, 1.807) is 0 Å². The maximum absolute atomic E-state index is 6.18. The first-order chi connectivity index (χ1) is 9.68. The van der Waals surface area contributed by atoms with E-state index in [0.29, 0.717) is 6.54 Å². The minimum atomic E-state index is -0.0657. The van der Waals surface area contributed by atoms with E-state index >= 15 is 0 Å². The van der Waals surface area contributed by atoms with E-state index in [9.17, 15) is 0 Å². The standard InChI is InChI=1S/C17H26N2O/c1-16(9-5-11-20-16)13-19-17(12-18)10-4-7-14-6-2-3-8-15(14)17/h2-3,6,8,19H,4-5,7,9-13,18H2,1H3. The Morgan fingerprint density at radius 3 is 2.85 bits per heavy atom. The van der Waals surface area contributed by atoms with Crippen LogP contribution < -0.4 is 11.1 Å². The summed E-state index contributed by atoms with van der Waals surface area (Å²) in [7, 11) is 0. The zero-order valence-corrected chi connectivity index (χ0v) is 12.5. The Bertz CT molecular complexity index is 468. The van der Waals surface area contributed by atoms with Gasteiger partial charge in [0.15, 0.2) is 0 Å². The molecule has 3 nitrogen and oxygen atoms in total. The molecule has 2 atom stereocenters. The molecule has 2 aliphatic rings. The van der Waals surface area contributed by atoms with Crippen molar-refractivity contribution in [2.75, 3.05) is 19.7 Å². The molecule has 20 heavy (non-hydrogen) atoms. The molecular weight excluding hydrogens is 248 g/mol. The number of hydrogen-bond donors (Lipinski definition) is 2. The lowest BCUT2D eigenvalue weighted by molar-refractivity contribution is 0.0130. The molecule has 1 aromatic carbocycles. The largest absolute Gasteiger partial charge is 0.374 e. The molecule has 0 amide bonds. The summed E-state index contributed by atoms with van der Waals surface area (Å²) in [4.78, 5) is 0. The number of rotatable bonds is 4. The first-order valence-corrected chi connectivity index (χ1v) is 7.85. The van der Waals surface area contributed by atoms with E-state index in [2.05, 4.69) is 36.5 Å². The number of fused-ring (bicyclic) bond motifs is 1. The monoisotopic (exact) mass is 274 g/mol. The number of ether oxygens (including phenoxy) is 1. The van der Waals surface area contributed by atoms with Gasteiger partial charge in [0, 0.05) is 19.7 Å². The topological polar surface area (TPSA) is 47.3 Å². The van der Waals surface area contributed by atoms with Crippen LogP contribution in [-0.2, 0) is 16.7 Å². The van der Waals surface area contributed by atoms with E-state index in [-0.39, 0.29) is 11.1 Å². The van der Waals surface area contributed by atoms with Crippen LogP contribution in [0.4, 0.5) is 0 Å². The highest BCUT2D eigenvalue weighted by Crippen LogP contribution is 2.35. The van der Waals surface area contributed by atoms with Crippen LogP contribution in [0.5, 0.6) is 0 Å². The number of aryl methyl sites for hydroxylation is 1. The second-order valence-corrected chi connectivity index (χ2v) is 6.55. The molecule has 1 saturated heterocycles. The second kappa shape index (κ2) is 5.47. The highest BCUT2D eigenvalue weighted by molar-refractivity contribution is 5.36. The fourth-order valence-corrected chi connectivity index (χ4v) is 3.72. The Morgan fingerprint density at radius 2 is 2.10 bits per heavy atom. The molecule has 110 valence electrons. The van der Waals surface area contributed by atoms with Gasteiger partial charge in [-0.1, -0.05) is 24.3 Å². The Kier molecular flexibility index (Phi) is 3.85. The third kappa shape index (κ3) is 2.50.